The first-order chi connectivity index (χ1) is 26.5. The molecule has 0 saturated heterocycles. The summed E-state index contributed by atoms with van der Waals surface area (Å²) in [4.78, 5) is 12.5. The van der Waals surface area contributed by atoms with Gasteiger partial charge in [-0.2, -0.15) is 0 Å². The van der Waals surface area contributed by atoms with Gasteiger partial charge in [-0.25, -0.2) is 0 Å². The van der Waals surface area contributed by atoms with Crippen LogP contribution in [0.25, 0.3) is 0 Å². The number of aliphatic hydroxyl groups excluding tert-OH is 4. The molecular weight excluding hydrogens is 671 g/mol. The molecule has 0 aromatic rings. The normalized spacial score (nSPS) is 14.6. The van der Waals surface area contributed by atoms with Gasteiger partial charge >= 0.3 is 0 Å². The molecule has 0 aliphatic carbocycles. The standard InChI is InChI=1S/C48H89NO5/c1-3-5-7-9-11-13-15-17-19-20-21-22-23-24-25-26-27-28-30-32-34-36-38-40-42-46(52)48(54)49-44(43-50)47(53)45(51)41-39-37-35-33-31-29-18-16-14-12-10-8-6-4-2/h8,10,16,18,24-25,33,35,44-47,50-53H,3-7,9,11-15,17,19-23,26-32,34,36-43H2,1-2H3,(H,49,54)/b10-8+,18-16+,25-24-,35-33+. The summed E-state index contributed by atoms with van der Waals surface area (Å²) in [6, 6.07) is -1.01. The molecule has 6 heteroatoms. The SMILES string of the molecule is CCC/C=C/CC/C=C/CC/C=C/CCCC(O)C(O)C(CO)NC(=O)C(O)CCCCCCCCCC/C=C\CCCCCCCCCCCCCC. The molecule has 0 aromatic heterocycles. The first-order valence-electron chi connectivity index (χ1n) is 23.0. The third kappa shape index (κ3) is 35.9. The number of rotatable bonds is 41. The summed E-state index contributed by atoms with van der Waals surface area (Å²) in [5.41, 5.74) is 0. The number of hydrogen-bond acceptors (Lipinski definition) is 5. The van der Waals surface area contributed by atoms with E-state index in [1.807, 2.05) is 0 Å². The summed E-state index contributed by atoms with van der Waals surface area (Å²) in [5.74, 6) is -0.603. The number of amides is 1. The quantitative estimate of drug-likeness (QED) is 0.0315. The van der Waals surface area contributed by atoms with E-state index < -0.39 is 36.9 Å². The minimum absolute atomic E-state index is 0.354. The van der Waals surface area contributed by atoms with Crippen molar-refractivity contribution in [1.29, 1.82) is 0 Å². The highest BCUT2D eigenvalue weighted by molar-refractivity contribution is 5.80. The lowest BCUT2D eigenvalue weighted by molar-refractivity contribution is -0.132. The molecule has 0 fully saturated rings. The molecule has 6 nitrogen and oxygen atoms in total. The molecule has 0 bridgehead atoms. The van der Waals surface area contributed by atoms with Crippen LogP contribution in [0.3, 0.4) is 0 Å². The fourth-order valence-corrected chi connectivity index (χ4v) is 6.79. The van der Waals surface area contributed by atoms with Crippen molar-refractivity contribution in [2.75, 3.05) is 6.61 Å². The lowest BCUT2D eigenvalue weighted by Crippen LogP contribution is -2.53. The van der Waals surface area contributed by atoms with Crippen molar-refractivity contribution in [1.82, 2.24) is 5.32 Å². The molecule has 0 aliphatic rings. The molecule has 54 heavy (non-hydrogen) atoms. The first kappa shape index (κ1) is 52.3. The molecule has 0 saturated carbocycles. The highest BCUT2D eigenvalue weighted by Gasteiger charge is 2.28. The molecule has 0 aliphatic heterocycles. The van der Waals surface area contributed by atoms with E-state index in [4.69, 9.17) is 0 Å². The Bertz CT molecular complexity index is 900. The number of nitrogens with one attached hydrogen (secondary N) is 1. The molecule has 1 amide bonds. The van der Waals surface area contributed by atoms with Crippen molar-refractivity contribution in [2.45, 2.75) is 244 Å². The van der Waals surface area contributed by atoms with Crippen LogP contribution in [0.15, 0.2) is 48.6 Å². The third-order valence-corrected chi connectivity index (χ3v) is 10.4. The van der Waals surface area contributed by atoms with Gasteiger partial charge in [0.25, 0.3) is 0 Å². The summed E-state index contributed by atoms with van der Waals surface area (Å²) in [6.07, 6.45) is 51.5. The van der Waals surface area contributed by atoms with Crippen LogP contribution in [0.2, 0.25) is 0 Å². The van der Waals surface area contributed by atoms with Gasteiger partial charge in [0, 0.05) is 0 Å². The monoisotopic (exact) mass is 760 g/mol. The number of aliphatic hydroxyl groups is 4. The van der Waals surface area contributed by atoms with Gasteiger partial charge in [-0.05, 0) is 83.5 Å². The number of hydrogen-bond donors (Lipinski definition) is 5. The summed E-state index contributed by atoms with van der Waals surface area (Å²) >= 11 is 0. The molecule has 4 atom stereocenters. The van der Waals surface area contributed by atoms with E-state index >= 15 is 0 Å². The van der Waals surface area contributed by atoms with Crippen molar-refractivity contribution in [3.63, 3.8) is 0 Å². The molecule has 0 heterocycles. The van der Waals surface area contributed by atoms with E-state index in [9.17, 15) is 25.2 Å². The maximum absolute atomic E-state index is 12.5. The molecule has 0 aromatic carbocycles. The predicted octanol–water partition coefficient (Wildman–Crippen LogP) is 12.3. The Kier molecular flexibility index (Phi) is 41.1. The Morgan fingerprint density at radius 2 is 0.815 bits per heavy atom. The molecule has 5 N–H and O–H groups in total. The highest BCUT2D eigenvalue weighted by Crippen LogP contribution is 2.15. The van der Waals surface area contributed by atoms with Crippen molar-refractivity contribution >= 4 is 5.91 Å². The minimum atomic E-state index is -1.29. The van der Waals surface area contributed by atoms with Crippen molar-refractivity contribution in [2.24, 2.45) is 0 Å². The first-order valence-corrected chi connectivity index (χ1v) is 23.0. The second-order valence-electron chi connectivity index (χ2n) is 15.7. The van der Waals surface area contributed by atoms with Gasteiger partial charge in [0.05, 0.1) is 18.8 Å². The van der Waals surface area contributed by atoms with E-state index in [0.29, 0.717) is 19.3 Å². The predicted molar refractivity (Wildman–Crippen MR) is 233 cm³/mol. The van der Waals surface area contributed by atoms with Crippen molar-refractivity contribution < 1.29 is 25.2 Å². The van der Waals surface area contributed by atoms with E-state index in [-0.39, 0.29) is 0 Å². The van der Waals surface area contributed by atoms with Crippen LogP contribution in [0, 0.1) is 0 Å². The molecule has 316 valence electrons. The third-order valence-electron chi connectivity index (χ3n) is 10.4. The Balaban J connectivity index is 3.74. The number of carbonyl (C=O) groups is 1. The summed E-state index contributed by atoms with van der Waals surface area (Å²) in [6.45, 7) is 3.97. The van der Waals surface area contributed by atoms with Gasteiger partial charge in [0.1, 0.15) is 12.2 Å². The van der Waals surface area contributed by atoms with Crippen LogP contribution in [-0.4, -0.2) is 57.3 Å². The largest absolute Gasteiger partial charge is 0.394 e. The fourth-order valence-electron chi connectivity index (χ4n) is 6.79. The smallest absolute Gasteiger partial charge is 0.249 e. The number of carbonyl (C=O) groups excluding carboxylic acids is 1. The number of unbranched alkanes of at least 4 members (excludes halogenated alkanes) is 24. The van der Waals surface area contributed by atoms with Gasteiger partial charge in [-0.15, -0.1) is 0 Å². The maximum Gasteiger partial charge on any atom is 0.249 e. The maximum atomic E-state index is 12.5. The Labute approximate surface area is 334 Å². The minimum Gasteiger partial charge on any atom is -0.394 e. The van der Waals surface area contributed by atoms with Gasteiger partial charge in [0.2, 0.25) is 5.91 Å². The molecule has 0 rings (SSSR count). The zero-order valence-electron chi connectivity index (χ0n) is 35.5. The lowest BCUT2D eigenvalue weighted by atomic mass is 10.00. The van der Waals surface area contributed by atoms with E-state index in [1.165, 1.54) is 128 Å². The highest BCUT2D eigenvalue weighted by atomic mass is 16.3. The molecular formula is C48H89NO5. The second-order valence-corrected chi connectivity index (χ2v) is 15.7. The van der Waals surface area contributed by atoms with E-state index in [2.05, 4.69) is 67.8 Å². The number of allylic oxidation sites excluding steroid dienone is 8. The van der Waals surface area contributed by atoms with Crippen LogP contribution < -0.4 is 5.32 Å². The second kappa shape index (κ2) is 42.4. The Morgan fingerprint density at radius 1 is 0.444 bits per heavy atom. The summed E-state index contributed by atoms with van der Waals surface area (Å²) < 4.78 is 0. The summed E-state index contributed by atoms with van der Waals surface area (Å²) in [5, 5.41) is 43.6. The van der Waals surface area contributed by atoms with Gasteiger partial charge in [-0.3, -0.25) is 4.79 Å². The molecule has 4 unspecified atom stereocenters. The van der Waals surface area contributed by atoms with Crippen molar-refractivity contribution in [3.05, 3.63) is 48.6 Å². The van der Waals surface area contributed by atoms with Gasteiger partial charge in [-0.1, -0.05) is 184 Å². The summed E-state index contributed by atoms with van der Waals surface area (Å²) in [7, 11) is 0. The zero-order chi connectivity index (χ0) is 39.6. The van der Waals surface area contributed by atoms with Gasteiger partial charge in [0.15, 0.2) is 0 Å². The van der Waals surface area contributed by atoms with Crippen LogP contribution >= 0.6 is 0 Å². The molecule has 0 spiro atoms. The zero-order valence-corrected chi connectivity index (χ0v) is 35.5. The van der Waals surface area contributed by atoms with Crippen LogP contribution in [0.1, 0.15) is 219 Å². The fraction of sp³-hybridized carbons (Fsp3) is 0.812. The van der Waals surface area contributed by atoms with E-state index in [1.54, 1.807) is 0 Å². The topological polar surface area (TPSA) is 110 Å². The van der Waals surface area contributed by atoms with Crippen molar-refractivity contribution in [3.8, 4) is 0 Å². The van der Waals surface area contributed by atoms with Crippen LogP contribution in [-0.2, 0) is 4.79 Å². The molecule has 0 radical (unpaired) electrons. The van der Waals surface area contributed by atoms with E-state index in [0.717, 1.165) is 57.8 Å². The van der Waals surface area contributed by atoms with Gasteiger partial charge < -0.3 is 25.7 Å². The van der Waals surface area contributed by atoms with Crippen LogP contribution in [0.5, 0.6) is 0 Å². The Morgan fingerprint density at radius 3 is 1.24 bits per heavy atom. The van der Waals surface area contributed by atoms with Crippen LogP contribution in [0.4, 0.5) is 0 Å². The lowest BCUT2D eigenvalue weighted by Gasteiger charge is -2.27. The average molecular weight is 760 g/mol. The average Bonchev–Trinajstić information content (AvgIpc) is 3.18. The Hall–Kier alpha value is -1.73.